The molecule has 0 aromatic heterocycles. The van der Waals surface area contributed by atoms with Crippen LogP contribution in [0.5, 0.6) is 0 Å². The number of rotatable bonds is 4. The maximum atomic E-state index is 10.4. The molecule has 2 unspecified atom stereocenters. The van der Waals surface area contributed by atoms with E-state index >= 15 is 0 Å². The van der Waals surface area contributed by atoms with Crippen LogP contribution in [0.15, 0.2) is 0 Å². The van der Waals surface area contributed by atoms with E-state index < -0.39 is 5.60 Å². The molecule has 2 heteroatoms. The Morgan fingerprint density at radius 3 is 2.56 bits per heavy atom. The van der Waals surface area contributed by atoms with Crippen LogP contribution in [0.2, 0.25) is 0 Å². The molecular formula is C14H29NO. The van der Waals surface area contributed by atoms with E-state index in [9.17, 15) is 5.11 Å². The Balaban J connectivity index is 2.61. The summed E-state index contributed by atoms with van der Waals surface area (Å²) in [6.07, 6.45) is 6.54. The third kappa shape index (κ3) is 3.74. The van der Waals surface area contributed by atoms with Gasteiger partial charge in [-0.2, -0.15) is 0 Å². The smallest absolute Gasteiger partial charge is 0.0768 e. The fourth-order valence-electron chi connectivity index (χ4n) is 2.50. The first-order valence-electron chi connectivity index (χ1n) is 6.93. The van der Waals surface area contributed by atoms with Crippen molar-refractivity contribution in [2.75, 3.05) is 13.1 Å². The average Bonchev–Trinajstić information content (AvgIpc) is 2.42. The van der Waals surface area contributed by atoms with E-state index in [1.165, 1.54) is 38.6 Å². The maximum Gasteiger partial charge on any atom is 0.0768 e. The third-order valence-electron chi connectivity index (χ3n) is 4.24. The fourth-order valence-corrected chi connectivity index (χ4v) is 2.50. The van der Waals surface area contributed by atoms with Crippen molar-refractivity contribution in [2.45, 2.75) is 71.4 Å². The van der Waals surface area contributed by atoms with E-state index in [0.717, 1.165) is 6.54 Å². The Labute approximate surface area is 101 Å². The van der Waals surface area contributed by atoms with Crippen molar-refractivity contribution in [3.05, 3.63) is 0 Å². The Morgan fingerprint density at radius 1 is 1.31 bits per heavy atom. The van der Waals surface area contributed by atoms with Crippen LogP contribution in [0.4, 0.5) is 0 Å². The molecule has 1 saturated heterocycles. The zero-order valence-electron chi connectivity index (χ0n) is 11.5. The summed E-state index contributed by atoms with van der Waals surface area (Å²) in [6.45, 7) is 10.5. The lowest BCUT2D eigenvalue weighted by Crippen LogP contribution is -2.48. The number of hydrogen-bond donors (Lipinski definition) is 1. The predicted molar refractivity (Wildman–Crippen MR) is 69.6 cm³/mol. The zero-order chi connectivity index (χ0) is 12.2. The van der Waals surface area contributed by atoms with Gasteiger partial charge in [-0.1, -0.05) is 33.6 Å². The molecule has 1 N–H and O–H groups in total. The molecule has 16 heavy (non-hydrogen) atoms. The molecular weight excluding hydrogens is 198 g/mol. The van der Waals surface area contributed by atoms with Gasteiger partial charge in [-0.3, -0.25) is 4.90 Å². The van der Waals surface area contributed by atoms with Crippen molar-refractivity contribution in [2.24, 2.45) is 5.92 Å². The summed E-state index contributed by atoms with van der Waals surface area (Å²) >= 11 is 0. The zero-order valence-corrected chi connectivity index (χ0v) is 11.5. The lowest BCUT2D eigenvalue weighted by molar-refractivity contribution is -0.0290. The number of aliphatic hydroxyl groups is 1. The molecule has 0 radical (unpaired) electrons. The van der Waals surface area contributed by atoms with Crippen molar-refractivity contribution >= 4 is 0 Å². The molecule has 1 aliphatic heterocycles. The van der Waals surface area contributed by atoms with Gasteiger partial charge in [0.25, 0.3) is 0 Å². The van der Waals surface area contributed by atoms with E-state index in [1.807, 2.05) is 6.92 Å². The van der Waals surface area contributed by atoms with Crippen LogP contribution in [0, 0.1) is 5.92 Å². The van der Waals surface area contributed by atoms with Gasteiger partial charge in [0.15, 0.2) is 0 Å². The monoisotopic (exact) mass is 227 g/mol. The fraction of sp³-hybridized carbons (Fsp3) is 1.00. The van der Waals surface area contributed by atoms with Gasteiger partial charge in [-0.05, 0) is 38.6 Å². The second-order valence-electron chi connectivity index (χ2n) is 5.89. The highest BCUT2D eigenvalue weighted by Crippen LogP contribution is 2.24. The molecule has 0 amide bonds. The minimum absolute atomic E-state index is 0.327. The molecule has 1 aliphatic rings. The average molecular weight is 227 g/mol. The Hall–Kier alpha value is -0.0800. The van der Waals surface area contributed by atoms with E-state index in [1.54, 1.807) is 0 Å². The molecule has 2 atom stereocenters. The first kappa shape index (κ1) is 14.0. The number of β-amino-alcohol motifs (C(OH)–C–C–N with tert-alkyl or cyclic N) is 1. The molecule has 0 spiro atoms. The van der Waals surface area contributed by atoms with Crippen molar-refractivity contribution < 1.29 is 5.11 Å². The number of hydrogen-bond acceptors (Lipinski definition) is 2. The Bertz CT molecular complexity index is 201. The van der Waals surface area contributed by atoms with E-state index in [0.29, 0.717) is 12.0 Å². The van der Waals surface area contributed by atoms with Gasteiger partial charge in [0.05, 0.1) is 5.60 Å². The lowest BCUT2D eigenvalue weighted by atomic mass is 9.91. The van der Waals surface area contributed by atoms with Crippen LogP contribution in [-0.2, 0) is 0 Å². The van der Waals surface area contributed by atoms with Gasteiger partial charge in [0.2, 0.25) is 0 Å². The topological polar surface area (TPSA) is 23.5 Å². The summed E-state index contributed by atoms with van der Waals surface area (Å²) in [5, 5.41) is 10.4. The van der Waals surface area contributed by atoms with Gasteiger partial charge in [0, 0.05) is 12.6 Å². The molecule has 0 aliphatic carbocycles. The van der Waals surface area contributed by atoms with Crippen molar-refractivity contribution in [1.29, 1.82) is 0 Å². The van der Waals surface area contributed by atoms with Crippen LogP contribution in [0.25, 0.3) is 0 Å². The third-order valence-corrected chi connectivity index (χ3v) is 4.24. The van der Waals surface area contributed by atoms with Crippen molar-refractivity contribution in [3.63, 3.8) is 0 Å². The summed E-state index contributed by atoms with van der Waals surface area (Å²) in [4.78, 5) is 2.52. The van der Waals surface area contributed by atoms with Crippen LogP contribution >= 0.6 is 0 Å². The van der Waals surface area contributed by atoms with Crippen molar-refractivity contribution in [1.82, 2.24) is 4.90 Å². The lowest BCUT2D eigenvalue weighted by Gasteiger charge is -2.37. The summed E-state index contributed by atoms with van der Waals surface area (Å²) in [5.41, 5.74) is -0.544. The molecule has 0 saturated carbocycles. The minimum atomic E-state index is -0.544. The summed E-state index contributed by atoms with van der Waals surface area (Å²) in [6, 6.07) is 0.688. The van der Waals surface area contributed by atoms with Crippen LogP contribution in [-0.4, -0.2) is 34.7 Å². The molecule has 0 aromatic rings. The number of nitrogens with zero attached hydrogens (tertiary/aromatic N) is 1. The summed E-state index contributed by atoms with van der Waals surface area (Å²) in [5.74, 6) is 0.327. The highest BCUT2D eigenvalue weighted by Gasteiger charge is 2.30. The Kier molecular flexibility index (Phi) is 5.26. The van der Waals surface area contributed by atoms with Crippen LogP contribution in [0.1, 0.15) is 59.8 Å². The van der Waals surface area contributed by atoms with E-state index in [4.69, 9.17) is 0 Å². The molecule has 96 valence electrons. The minimum Gasteiger partial charge on any atom is -0.389 e. The van der Waals surface area contributed by atoms with Gasteiger partial charge in [-0.15, -0.1) is 0 Å². The SMILES string of the molecule is CCC1CCCCCN1CC(C)(O)C(C)C. The van der Waals surface area contributed by atoms with Gasteiger partial charge in [0.1, 0.15) is 0 Å². The predicted octanol–water partition coefficient (Wildman–Crippen LogP) is 3.05. The molecule has 2 nitrogen and oxygen atoms in total. The first-order valence-corrected chi connectivity index (χ1v) is 6.93. The summed E-state index contributed by atoms with van der Waals surface area (Å²) < 4.78 is 0. The Morgan fingerprint density at radius 2 is 2.00 bits per heavy atom. The van der Waals surface area contributed by atoms with E-state index in [2.05, 4.69) is 25.7 Å². The van der Waals surface area contributed by atoms with E-state index in [-0.39, 0.29) is 0 Å². The highest BCUT2D eigenvalue weighted by atomic mass is 16.3. The normalized spacial score (nSPS) is 27.8. The number of likely N-dealkylation sites (tertiary alicyclic amines) is 1. The molecule has 0 bridgehead atoms. The quantitative estimate of drug-likeness (QED) is 0.798. The highest BCUT2D eigenvalue weighted by molar-refractivity contribution is 4.84. The standard InChI is InChI=1S/C14H29NO/c1-5-13-9-7-6-8-10-15(13)11-14(4,16)12(2)3/h12-13,16H,5-11H2,1-4H3. The molecule has 1 fully saturated rings. The second-order valence-corrected chi connectivity index (χ2v) is 5.89. The van der Waals surface area contributed by atoms with Gasteiger partial charge in [-0.25, -0.2) is 0 Å². The molecule has 1 heterocycles. The van der Waals surface area contributed by atoms with Crippen LogP contribution < -0.4 is 0 Å². The summed E-state index contributed by atoms with van der Waals surface area (Å²) in [7, 11) is 0. The van der Waals surface area contributed by atoms with Gasteiger partial charge >= 0.3 is 0 Å². The first-order chi connectivity index (χ1) is 7.47. The maximum absolute atomic E-state index is 10.4. The van der Waals surface area contributed by atoms with Crippen LogP contribution in [0.3, 0.4) is 0 Å². The second kappa shape index (κ2) is 6.02. The van der Waals surface area contributed by atoms with Crippen molar-refractivity contribution in [3.8, 4) is 0 Å². The van der Waals surface area contributed by atoms with Gasteiger partial charge < -0.3 is 5.11 Å². The largest absolute Gasteiger partial charge is 0.389 e. The molecule has 1 rings (SSSR count). The molecule has 0 aromatic carbocycles.